The molecular formula is C22H23N3O2S. The van der Waals surface area contributed by atoms with Crippen LogP contribution in [0.15, 0.2) is 59.5 Å². The number of fused-ring (bicyclic) bond motifs is 1. The second-order valence-corrected chi connectivity index (χ2v) is 7.97. The fourth-order valence-electron chi connectivity index (χ4n) is 3.43. The van der Waals surface area contributed by atoms with Gasteiger partial charge in [-0.3, -0.25) is 14.5 Å². The first kappa shape index (κ1) is 18.8. The maximum absolute atomic E-state index is 12.8. The fraction of sp³-hybridized carbons (Fsp3) is 0.273. The number of hydrogen-bond acceptors (Lipinski definition) is 4. The topological polar surface area (TPSA) is 52.7 Å². The van der Waals surface area contributed by atoms with Gasteiger partial charge in [-0.05, 0) is 23.8 Å². The molecule has 1 saturated heterocycles. The molecule has 4 rings (SSSR count). The Morgan fingerprint density at radius 2 is 1.86 bits per heavy atom. The van der Waals surface area contributed by atoms with Crippen molar-refractivity contribution < 1.29 is 9.59 Å². The van der Waals surface area contributed by atoms with Gasteiger partial charge in [0.2, 0.25) is 5.91 Å². The molecule has 0 radical (unpaired) electrons. The molecule has 2 amide bonds. The summed E-state index contributed by atoms with van der Waals surface area (Å²) in [5.74, 6) is 0.451. The lowest BCUT2D eigenvalue weighted by atomic mass is 10.1. The van der Waals surface area contributed by atoms with Crippen molar-refractivity contribution in [2.24, 2.45) is 0 Å². The minimum absolute atomic E-state index is 0.0146. The van der Waals surface area contributed by atoms with Crippen LogP contribution in [0.25, 0.3) is 6.08 Å². The van der Waals surface area contributed by atoms with E-state index >= 15 is 0 Å². The van der Waals surface area contributed by atoms with Crippen molar-refractivity contribution in [3.63, 3.8) is 0 Å². The van der Waals surface area contributed by atoms with Gasteiger partial charge in [0.1, 0.15) is 0 Å². The summed E-state index contributed by atoms with van der Waals surface area (Å²) in [6.07, 6.45) is 4.31. The molecule has 0 atom stereocenters. The number of carbonyl (C=O) groups excluding carboxylic acids is 2. The standard InChI is InChI=1S/C22H23N3O2S/c26-21-16-28-20-9-8-18(15-19(20)23-21)22(27)25-13-11-24(12-14-25)10-4-7-17-5-2-1-3-6-17/h1-9,15H,10-14,16H2,(H,23,26). The molecule has 2 aromatic rings. The van der Waals surface area contributed by atoms with Crippen LogP contribution in [0.1, 0.15) is 15.9 Å². The predicted octanol–water partition coefficient (Wildman–Crippen LogP) is 3.20. The molecule has 0 spiro atoms. The Balaban J connectivity index is 1.31. The van der Waals surface area contributed by atoms with Crippen LogP contribution in [0.5, 0.6) is 0 Å². The number of rotatable bonds is 4. The molecule has 28 heavy (non-hydrogen) atoms. The van der Waals surface area contributed by atoms with E-state index in [1.807, 2.05) is 35.2 Å². The highest BCUT2D eigenvalue weighted by Crippen LogP contribution is 2.32. The zero-order valence-corrected chi connectivity index (χ0v) is 16.5. The first-order valence-corrected chi connectivity index (χ1v) is 10.5. The summed E-state index contributed by atoms with van der Waals surface area (Å²) in [7, 11) is 0. The number of thioether (sulfide) groups is 1. The minimum atomic E-state index is -0.0146. The summed E-state index contributed by atoms with van der Waals surface area (Å²) < 4.78 is 0. The molecule has 2 heterocycles. The summed E-state index contributed by atoms with van der Waals surface area (Å²) in [5, 5.41) is 2.86. The van der Waals surface area contributed by atoms with Crippen molar-refractivity contribution in [2.75, 3.05) is 43.8 Å². The Morgan fingerprint density at radius 1 is 1.07 bits per heavy atom. The van der Waals surface area contributed by atoms with Crippen molar-refractivity contribution in [1.82, 2.24) is 9.80 Å². The second-order valence-electron chi connectivity index (χ2n) is 6.95. The Bertz CT molecular complexity index is 890. The SMILES string of the molecule is O=C1CSc2ccc(C(=O)N3CCN(CC=Cc4ccccc4)CC3)cc2N1. The van der Waals surface area contributed by atoms with Crippen molar-refractivity contribution in [1.29, 1.82) is 0 Å². The van der Waals surface area contributed by atoms with Crippen LogP contribution in [0.3, 0.4) is 0 Å². The highest BCUT2D eigenvalue weighted by atomic mass is 32.2. The Labute approximate surface area is 169 Å². The molecule has 0 unspecified atom stereocenters. The number of nitrogens with one attached hydrogen (secondary N) is 1. The third-order valence-electron chi connectivity index (χ3n) is 4.99. The van der Waals surface area contributed by atoms with Crippen LogP contribution < -0.4 is 5.32 Å². The van der Waals surface area contributed by atoms with Crippen LogP contribution in [0.4, 0.5) is 5.69 Å². The van der Waals surface area contributed by atoms with Crippen LogP contribution >= 0.6 is 11.8 Å². The van der Waals surface area contributed by atoms with Gasteiger partial charge in [-0.25, -0.2) is 0 Å². The molecule has 0 bridgehead atoms. The number of piperazine rings is 1. The van der Waals surface area contributed by atoms with Gasteiger partial charge in [-0.1, -0.05) is 42.5 Å². The van der Waals surface area contributed by atoms with Crippen molar-refractivity contribution >= 4 is 35.3 Å². The van der Waals surface area contributed by atoms with E-state index in [4.69, 9.17) is 0 Å². The number of carbonyl (C=O) groups is 2. The zero-order chi connectivity index (χ0) is 19.3. The lowest BCUT2D eigenvalue weighted by Gasteiger charge is -2.34. The van der Waals surface area contributed by atoms with Crippen LogP contribution in [-0.2, 0) is 4.79 Å². The molecule has 144 valence electrons. The van der Waals surface area contributed by atoms with E-state index < -0.39 is 0 Å². The molecule has 2 aliphatic heterocycles. The fourth-order valence-corrected chi connectivity index (χ4v) is 4.22. The molecule has 6 heteroatoms. The Kier molecular flexibility index (Phi) is 5.78. The molecule has 2 aliphatic rings. The average Bonchev–Trinajstić information content (AvgIpc) is 2.74. The van der Waals surface area contributed by atoms with Crippen molar-refractivity contribution in [2.45, 2.75) is 4.90 Å². The largest absolute Gasteiger partial charge is 0.336 e. The summed E-state index contributed by atoms with van der Waals surface area (Å²) >= 11 is 1.51. The highest BCUT2D eigenvalue weighted by molar-refractivity contribution is 8.00. The van der Waals surface area contributed by atoms with Gasteiger partial charge in [-0.2, -0.15) is 0 Å². The van der Waals surface area contributed by atoms with Gasteiger partial charge in [0, 0.05) is 43.2 Å². The smallest absolute Gasteiger partial charge is 0.254 e. The van der Waals surface area contributed by atoms with E-state index in [1.165, 1.54) is 17.3 Å². The van der Waals surface area contributed by atoms with E-state index in [0.717, 1.165) is 43.3 Å². The predicted molar refractivity (Wildman–Crippen MR) is 114 cm³/mol. The van der Waals surface area contributed by atoms with Gasteiger partial charge in [0.15, 0.2) is 0 Å². The Morgan fingerprint density at radius 3 is 2.64 bits per heavy atom. The van der Waals surface area contributed by atoms with E-state index in [9.17, 15) is 9.59 Å². The number of hydrogen-bond donors (Lipinski definition) is 1. The van der Waals surface area contributed by atoms with Crippen molar-refractivity contribution in [3.8, 4) is 0 Å². The molecule has 1 N–H and O–H groups in total. The first-order chi connectivity index (χ1) is 13.7. The van der Waals surface area contributed by atoms with Crippen molar-refractivity contribution in [3.05, 3.63) is 65.7 Å². The number of anilines is 1. The maximum Gasteiger partial charge on any atom is 0.254 e. The third kappa shape index (κ3) is 4.46. The number of benzene rings is 2. The lowest BCUT2D eigenvalue weighted by Crippen LogP contribution is -2.48. The summed E-state index contributed by atoms with van der Waals surface area (Å²) in [4.78, 5) is 29.7. The quantitative estimate of drug-likeness (QED) is 0.867. The molecule has 1 fully saturated rings. The number of nitrogens with zero attached hydrogens (tertiary/aromatic N) is 2. The van der Waals surface area contributed by atoms with Gasteiger partial charge >= 0.3 is 0 Å². The molecule has 0 aromatic heterocycles. The molecule has 0 aliphatic carbocycles. The summed E-state index contributed by atoms with van der Waals surface area (Å²) in [6.45, 7) is 4.05. The van der Waals surface area contributed by atoms with Gasteiger partial charge in [0.25, 0.3) is 5.91 Å². The van der Waals surface area contributed by atoms with Crippen LogP contribution in [-0.4, -0.2) is 60.1 Å². The third-order valence-corrected chi connectivity index (χ3v) is 6.07. The molecule has 0 saturated carbocycles. The Hall–Kier alpha value is -2.57. The van der Waals surface area contributed by atoms with E-state index in [-0.39, 0.29) is 11.8 Å². The van der Waals surface area contributed by atoms with Gasteiger partial charge < -0.3 is 10.2 Å². The van der Waals surface area contributed by atoms with E-state index in [2.05, 4.69) is 34.5 Å². The normalized spacial score (nSPS) is 17.4. The zero-order valence-electron chi connectivity index (χ0n) is 15.6. The molecule has 2 aromatic carbocycles. The second kappa shape index (κ2) is 8.63. The minimum Gasteiger partial charge on any atom is -0.336 e. The molecular weight excluding hydrogens is 370 g/mol. The monoisotopic (exact) mass is 393 g/mol. The summed E-state index contributed by atoms with van der Waals surface area (Å²) in [6, 6.07) is 15.9. The van der Waals surface area contributed by atoms with Crippen LogP contribution in [0.2, 0.25) is 0 Å². The van der Waals surface area contributed by atoms with E-state index in [0.29, 0.717) is 11.3 Å². The van der Waals surface area contributed by atoms with Gasteiger partial charge in [-0.15, -0.1) is 11.8 Å². The summed E-state index contributed by atoms with van der Waals surface area (Å²) in [5.41, 5.74) is 2.59. The maximum atomic E-state index is 12.8. The first-order valence-electron chi connectivity index (χ1n) is 9.49. The average molecular weight is 394 g/mol. The van der Waals surface area contributed by atoms with Gasteiger partial charge in [0.05, 0.1) is 11.4 Å². The lowest BCUT2D eigenvalue weighted by molar-refractivity contribution is -0.113. The van der Waals surface area contributed by atoms with E-state index in [1.54, 1.807) is 6.07 Å². The number of amides is 2. The highest BCUT2D eigenvalue weighted by Gasteiger charge is 2.23. The van der Waals surface area contributed by atoms with Crippen LogP contribution in [0, 0.1) is 0 Å². The molecule has 5 nitrogen and oxygen atoms in total.